The first-order chi connectivity index (χ1) is 7.13. The molecule has 0 spiro atoms. The molecule has 0 saturated carbocycles. The van der Waals surface area contributed by atoms with Crippen LogP contribution in [0.4, 0.5) is 0 Å². The summed E-state index contributed by atoms with van der Waals surface area (Å²) in [6.07, 6.45) is 0.705. The second-order valence-corrected chi connectivity index (χ2v) is 4.55. The molecule has 0 aliphatic heterocycles. The third-order valence-electron chi connectivity index (χ3n) is 3.61. The van der Waals surface area contributed by atoms with Crippen molar-refractivity contribution in [3.8, 4) is 5.75 Å². The van der Waals surface area contributed by atoms with E-state index in [0.29, 0.717) is 11.8 Å². The van der Waals surface area contributed by atoms with Crippen molar-refractivity contribution in [2.24, 2.45) is 11.8 Å². The Morgan fingerprint density at radius 2 is 2.07 bits per heavy atom. The van der Waals surface area contributed by atoms with Crippen LogP contribution in [0.25, 0.3) is 0 Å². The van der Waals surface area contributed by atoms with Gasteiger partial charge in [0.25, 0.3) is 0 Å². The van der Waals surface area contributed by atoms with Crippen LogP contribution in [-0.4, -0.2) is 12.2 Å². The van der Waals surface area contributed by atoms with E-state index in [0.717, 1.165) is 17.7 Å². The molecule has 2 rings (SSSR count). The Morgan fingerprint density at radius 3 is 2.73 bits per heavy atom. The first kappa shape index (κ1) is 10.5. The zero-order valence-corrected chi connectivity index (χ0v) is 9.53. The van der Waals surface area contributed by atoms with E-state index in [2.05, 4.69) is 19.9 Å². The molecule has 2 nitrogen and oxygen atoms in total. The van der Waals surface area contributed by atoms with Crippen molar-refractivity contribution >= 4 is 0 Å². The number of fused-ring (bicyclic) bond motifs is 1. The molecule has 0 heterocycles. The Bertz CT molecular complexity index is 360. The van der Waals surface area contributed by atoms with Crippen LogP contribution in [-0.2, 0) is 6.42 Å². The minimum Gasteiger partial charge on any atom is -0.497 e. The summed E-state index contributed by atoms with van der Waals surface area (Å²) in [6, 6.07) is 6.00. The lowest BCUT2D eigenvalue weighted by molar-refractivity contribution is 0.0753. The zero-order chi connectivity index (χ0) is 11.0. The van der Waals surface area contributed by atoms with E-state index >= 15 is 0 Å². The molecule has 0 amide bonds. The molecule has 0 fully saturated rings. The Labute approximate surface area is 90.9 Å². The van der Waals surface area contributed by atoms with Gasteiger partial charge in [-0.05, 0) is 41.5 Å². The lowest BCUT2D eigenvalue weighted by Gasteiger charge is -2.33. The smallest absolute Gasteiger partial charge is 0.119 e. The Balaban J connectivity index is 2.42. The summed E-state index contributed by atoms with van der Waals surface area (Å²) in [5, 5.41) is 10.2. The van der Waals surface area contributed by atoms with Gasteiger partial charge >= 0.3 is 0 Å². The van der Waals surface area contributed by atoms with E-state index < -0.39 is 0 Å². The fourth-order valence-corrected chi connectivity index (χ4v) is 2.29. The van der Waals surface area contributed by atoms with Gasteiger partial charge in [0.15, 0.2) is 0 Å². The number of benzene rings is 1. The van der Waals surface area contributed by atoms with Gasteiger partial charge in [-0.25, -0.2) is 0 Å². The van der Waals surface area contributed by atoms with Crippen molar-refractivity contribution in [3.63, 3.8) is 0 Å². The van der Waals surface area contributed by atoms with E-state index in [-0.39, 0.29) is 6.10 Å². The normalized spacial score (nSPS) is 29.7. The minimum atomic E-state index is -0.348. The van der Waals surface area contributed by atoms with Crippen molar-refractivity contribution in [3.05, 3.63) is 29.3 Å². The van der Waals surface area contributed by atoms with Gasteiger partial charge in [-0.15, -0.1) is 0 Å². The Hall–Kier alpha value is -1.02. The number of rotatable bonds is 1. The van der Waals surface area contributed by atoms with Crippen LogP contribution in [0.15, 0.2) is 18.2 Å². The standard InChI is InChI=1S/C13H18O2/c1-8-6-10-4-5-11(15-3)7-12(10)13(14)9(8)2/h4-5,7-9,13-14H,6H2,1-3H3. The van der Waals surface area contributed by atoms with Gasteiger partial charge in [0, 0.05) is 0 Å². The summed E-state index contributed by atoms with van der Waals surface area (Å²) in [5.74, 6) is 1.69. The molecule has 0 aromatic heterocycles. The third-order valence-corrected chi connectivity index (χ3v) is 3.61. The molecule has 1 aromatic rings. The quantitative estimate of drug-likeness (QED) is 0.765. The molecule has 1 N–H and O–H groups in total. The number of ether oxygens (including phenoxy) is 1. The second kappa shape index (κ2) is 3.86. The van der Waals surface area contributed by atoms with Crippen molar-refractivity contribution in [2.45, 2.75) is 26.4 Å². The molecular formula is C13H18O2. The van der Waals surface area contributed by atoms with Gasteiger partial charge in [0.2, 0.25) is 0 Å². The molecule has 0 bridgehead atoms. The average molecular weight is 206 g/mol. The second-order valence-electron chi connectivity index (χ2n) is 4.55. The highest BCUT2D eigenvalue weighted by Gasteiger charge is 2.30. The summed E-state index contributed by atoms with van der Waals surface area (Å²) in [6.45, 7) is 4.30. The zero-order valence-electron chi connectivity index (χ0n) is 9.53. The van der Waals surface area contributed by atoms with Crippen LogP contribution in [0.3, 0.4) is 0 Å². The summed E-state index contributed by atoms with van der Waals surface area (Å²) in [7, 11) is 1.66. The summed E-state index contributed by atoms with van der Waals surface area (Å²) < 4.78 is 5.18. The van der Waals surface area contributed by atoms with Gasteiger partial charge in [0.1, 0.15) is 5.75 Å². The molecule has 2 heteroatoms. The van der Waals surface area contributed by atoms with Crippen LogP contribution >= 0.6 is 0 Å². The molecule has 15 heavy (non-hydrogen) atoms. The first-order valence-electron chi connectivity index (χ1n) is 5.48. The lowest BCUT2D eigenvalue weighted by Crippen LogP contribution is -2.25. The van der Waals surface area contributed by atoms with E-state index in [1.807, 2.05) is 12.1 Å². The first-order valence-corrected chi connectivity index (χ1v) is 5.48. The van der Waals surface area contributed by atoms with Crippen molar-refractivity contribution < 1.29 is 9.84 Å². The van der Waals surface area contributed by atoms with E-state index in [4.69, 9.17) is 4.74 Å². The van der Waals surface area contributed by atoms with Gasteiger partial charge in [-0.2, -0.15) is 0 Å². The topological polar surface area (TPSA) is 29.5 Å². The number of hydrogen-bond acceptors (Lipinski definition) is 2. The maximum Gasteiger partial charge on any atom is 0.119 e. The number of hydrogen-bond donors (Lipinski definition) is 1. The molecule has 82 valence electrons. The molecular weight excluding hydrogens is 188 g/mol. The maximum atomic E-state index is 10.2. The van der Waals surface area contributed by atoms with Gasteiger partial charge < -0.3 is 9.84 Å². The van der Waals surface area contributed by atoms with Gasteiger partial charge in [-0.1, -0.05) is 19.9 Å². The fourth-order valence-electron chi connectivity index (χ4n) is 2.29. The van der Waals surface area contributed by atoms with Crippen LogP contribution < -0.4 is 4.74 Å². The van der Waals surface area contributed by atoms with E-state index in [1.165, 1.54) is 5.56 Å². The molecule has 0 radical (unpaired) electrons. The summed E-state index contributed by atoms with van der Waals surface area (Å²) in [5.41, 5.74) is 2.30. The number of aliphatic hydroxyl groups excluding tert-OH is 1. The van der Waals surface area contributed by atoms with E-state index in [9.17, 15) is 5.11 Å². The predicted molar refractivity (Wildman–Crippen MR) is 60.0 cm³/mol. The largest absolute Gasteiger partial charge is 0.497 e. The van der Waals surface area contributed by atoms with Crippen molar-refractivity contribution in [1.29, 1.82) is 0 Å². The maximum absolute atomic E-state index is 10.2. The highest BCUT2D eigenvalue weighted by molar-refractivity contribution is 5.39. The SMILES string of the molecule is COc1ccc2c(c1)C(O)C(C)C(C)C2. The highest BCUT2D eigenvalue weighted by atomic mass is 16.5. The summed E-state index contributed by atoms with van der Waals surface area (Å²) in [4.78, 5) is 0. The van der Waals surface area contributed by atoms with Crippen molar-refractivity contribution in [2.75, 3.05) is 7.11 Å². The lowest BCUT2D eigenvalue weighted by atomic mass is 9.76. The number of methoxy groups -OCH3 is 1. The number of aliphatic hydroxyl groups is 1. The van der Waals surface area contributed by atoms with Crippen LogP contribution in [0.1, 0.15) is 31.1 Å². The molecule has 3 unspecified atom stereocenters. The third kappa shape index (κ3) is 1.74. The highest BCUT2D eigenvalue weighted by Crippen LogP contribution is 2.38. The van der Waals surface area contributed by atoms with Crippen molar-refractivity contribution in [1.82, 2.24) is 0 Å². The molecule has 3 atom stereocenters. The van der Waals surface area contributed by atoms with Crippen LogP contribution in [0.2, 0.25) is 0 Å². The Morgan fingerprint density at radius 1 is 1.33 bits per heavy atom. The fraction of sp³-hybridized carbons (Fsp3) is 0.538. The van der Waals surface area contributed by atoms with Crippen LogP contribution in [0.5, 0.6) is 5.75 Å². The van der Waals surface area contributed by atoms with Gasteiger partial charge in [-0.3, -0.25) is 0 Å². The molecule has 0 saturated heterocycles. The monoisotopic (exact) mass is 206 g/mol. The van der Waals surface area contributed by atoms with Crippen LogP contribution in [0, 0.1) is 11.8 Å². The molecule has 1 aromatic carbocycles. The average Bonchev–Trinajstić information content (AvgIpc) is 2.26. The van der Waals surface area contributed by atoms with E-state index in [1.54, 1.807) is 7.11 Å². The minimum absolute atomic E-state index is 0.324. The Kier molecular flexibility index (Phi) is 2.70. The predicted octanol–water partition coefficient (Wildman–Crippen LogP) is 2.56. The molecule has 1 aliphatic rings. The summed E-state index contributed by atoms with van der Waals surface area (Å²) >= 11 is 0. The van der Waals surface area contributed by atoms with Gasteiger partial charge in [0.05, 0.1) is 13.2 Å². The molecule has 1 aliphatic carbocycles.